The number of rotatable bonds is 6. The average Bonchev–Trinajstić information content (AvgIpc) is 2.47. The van der Waals surface area contributed by atoms with Crippen molar-refractivity contribution in [3.8, 4) is 5.75 Å². The van der Waals surface area contributed by atoms with E-state index in [1.165, 1.54) is 19.3 Å². The largest absolute Gasteiger partial charge is 0.491 e. The van der Waals surface area contributed by atoms with Crippen molar-refractivity contribution >= 4 is 5.78 Å². The molecule has 0 aliphatic carbocycles. The number of hydrogen-bond donors (Lipinski definition) is 0. The predicted molar refractivity (Wildman–Crippen MR) is 86.2 cm³/mol. The van der Waals surface area contributed by atoms with E-state index < -0.39 is 0 Å². The van der Waals surface area contributed by atoms with Gasteiger partial charge in [-0.15, -0.1) is 0 Å². The van der Waals surface area contributed by atoms with Gasteiger partial charge in [-0.2, -0.15) is 0 Å². The van der Waals surface area contributed by atoms with Crippen LogP contribution in [0, 0.1) is 6.92 Å². The van der Waals surface area contributed by atoms with Gasteiger partial charge in [0.15, 0.2) is 5.78 Å². The lowest BCUT2D eigenvalue weighted by molar-refractivity contribution is 0.0958. The molecular formula is C18H27NO2. The first-order valence-electron chi connectivity index (χ1n) is 8.09. The summed E-state index contributed by atoms with van der Waals surface area (Å²) in [5.74, 6) is 1.11. The molecule has 1 saturated heterocycles. The summed E-state index contributed by atoms with van der Waals surface area (Å²) < 4.78 is 5.72. The minimum absolute atomic E-state index is 0.157. The molecule has 0 spiro atoms. The zero-order valence-corrected chi connectivity index (χ0v) is 13.5. The van der Waals surface area contributed by atoms with Crippen LogP contribution in [0.3, 0.4) is 0 Å². The second kappa shape index (κ2) is 7.60. The second-order valence-electron chi connectivity index (χ2n) is 6.22. The Bertz CT molecular complexity index is 476. The van der Waals surface area contributed by atoms with E-state index in [9.17, 15) is 4.79 Å². The molecule has 0 amide bonds. The molecule has 21 heavy (non-hydrogen) atoms. The summed E-state index contributed by atoms with van der Waals surface area (Å²) in [6.45, 7) is 9.20. The molecule has 3 heteroatoms. The number of ketones is 1. The summed E-state index contributed by atoms with van der Waals surface area (Å²) in [5, 5.41) is 0. The van der Waals surface area contributed by atoms with Crippen molar-refractivity contribution in [3.63, 3.8) is 0 Å². The number of piperidine rings is 1. The Labute approximate surface area is 128 Å². The standard InChI is InChI=1S/C18H27NO2/c1-14(2)21-18-8-7-16(13-15(18)3)17(20)9-12-19-10-5-4-6-11-19/h7-8,13-14H,4-6,9-12H2,1-3H3. The van der Waals surface area contributed by atoms with E-state index in [1.54, 1.807) is 0 Å². The van der Waals surface area contributed by atoms with Crippen molar-refractivity contribution in [1.29, 1.82) is 0 Å². The summed E-state index contributed by atoms with van der Waals surface area (Å²) in [7, 11) is 0. The molecule has 1 aromatic rings. The Morgan fingerprint density at radius 3 is 2.57 bits per heavy atom. The van der Waals surface area contributed by atoms with E-state index >= 15 is 0 Å². The first kappa shape index (κ1) is 16.0. The predicted octanol–water partition coefficient (Wildman–Crippen LogP) is 3.84. The molecule has 2 rings (SSSR count). The number of hydrogen-bond acceptors (Lipinski definition) is 3. The number of carbonyl (C=O) groups is 1. The van der Waals surface area contributed by atoms with Gasteiger partial charge in [-0.25, -0.2) is 0 Å². The summed E-state index contributed by atoms with van der Waals surface area (Å²) in [4.78, 5) is 14.7. The third-order valence-electron chi connectivity index (χ3n) is 3.96. The Hall–Kier alpha value is -1.35. The quantitative estimate of drug-likeness (QED) is 0.745. The highest BCUT2D eigenvalue weighted by molar-refractivity contribution is 5.96. The van der Waals surface area contributed by atoms with Crippen LogP contribution >= 0.6 is 0 Å². The van der Waals surface area contributed by atoms with E-state index in [1.807, 2.05) is 39.0 Å². The van der Waals surface area contributed by atoms with Crippen LogP contribution in [0.1, 0.15) is 55.5 Å². The molecule has 3 nitrogen and oxygen atoms in total. The van der Waals surface area contributed by atoms with E-state index in [4.69, 9.17) is 4.74 Å². The summed E-state index contributed by atoms with van der Waals surface area (Å²) in [6.07, 6.45) is 4.65. The van der Waals surface area contributed by atoms with Gasteiger partial charge < -0.3 is 9.64 Å². The van der Waals surface area contributed by atoms with Crippen LogP contribution in [0.15, 0.2) is 18.2 Å². The highest BCUT2D eigenvalue weighted by atomic mass is 16.5. The molecule has 116 valence electrons. The molecule has 0 atom stereocenters. The maximum Gasteiger partial charge on any atom is 0.164 e. The highest BCUT2D eigenvalue weighted by Gasteiger charge is 2.13. The Balaban J connectivity index is 1.91. The molecule has 0 N–H and O–H groups in total. The van der Waals surface area contributed by atoms with E-state index in [2.05, 4.69) is 4.90 Å². The van der Waals surface area contributed by atoms with Crippen molar-refractivity contribution in [3.05, 3.63) is 29.3 Å². The minimum atomic E-state index is 0.157. The van der Waals surface area contributed by atoms with Gasteiger partial charge in [0.1, 0.15) is 5.75 Å². The van der Waals surface area contributed by atoms with Gasteiger partial charge in [-0.3, -0.25) is 4.79 Å². The number of nitrogens with zero attached hydrogens (tertiary/aromatic N) is 1. The van der Waals surface area contributed by atoms with Gasteiger partial charge in [-0.1, -0.05) is 6.42 Å². The SMILES string of the molecule is Cc1cc(C(=O)CCN2CCCCC2)ccc1OC(C)C. The molecule has 0 aromatic heterocycles. The third kappa shape index (κ3) is 4.85. The first-order valence-corrected chi connectivity index (χ1v) is 8.09. The molecule has 0 bridgehead atoms. The molecular weight excluding hydrogens is 262 g/mol. The van der Waals surface area contributed by atoms with Crippen molar-refractivity contribution in [2.24, 2.45) is 0 Å². The molecule has 0 unspecified atom stereocenters. The number of carbonyl (C=O) groups excluding carboxylic acids is 1. The average molecular weight is 289 g/mol. The van der Waals surface area contributed by atoms with Gasteiger partial charge >= 0.3 is 0 Å². The fraction of sp³-hybridized carbons (Fsp3) is 0.611. The lowest BCUT2D eigenvalue weighted by atomic mass is 10.0. The monoisotopic (exact) mass is 289 g/mol. The Morgan fingerprint density at radius 1 is 1.24 bits per heavy atom. The minimum Gasteiger partial charge on any atom is -0.491 e. The van der Waals surface area contributed by atoms with Crippen LogP contribution in [-0.2, 0) is 0 Å². The molecule has 1 aliphatic rings. The number of likely N-dealkylation sites (tertiary alicyclic amines) is 1. The molecule has 0 radical (unpaired) electrons. The smallest absolute Gasteiger partial charge is 0.164 e. The molecule has 1 aliphatic heterocycles. The Morgan fingerprint density at radius 2 is 1.95 bits per heavy atom. The van der Waals surface area contributed by atoms with Crippen LogP contribution in [0.25, 0.3) is 0 Å². The maximum absolute atomic E-state index is 12.3. The van der Waals surface area contributed by atoms with Crippen molar-refractivity contribution in [2.75, 3.05) is 19.6 Å². The van der Waals surface area contributed by atoms with Crippen LogP contribution < -0.4 is 4.74 Å². The maximum atomic E-state index is 12.3. The van der Waals surface area contributed by atoms with Gasteiger partial charge in [-0.05, 0) is 70.5 Å². The number of ether oxygens (including phenoxy) is 1. The third-order valence-corrected chi connectivity index (χ3v) is 3.96. The zero-order chi connectivity index (χ0) is 15.2. The van der Waals surface area contributed by atoms with Crippen molar-refractivity contribution in [1.82, 2.24) is 4.90 Å². The fourth-order valence-electron chi connectivity index (χ4n) is 2.80. The van der Waals surface area contributed by atoms with Gasteiger partial charge in [0.25, 0.3) is 0 Å². The second-order valence-corrected chi connectivity index (χ2v) is 6.22. The van der Waals surface area contributed by atoms with Crippen molar-refractivity contribution < 1.29 is 9.53 Å². The number of benzene rings is 1. The summed E-state index contributed by atoms with van der Waals surface area (Å²) in [5.41, 5.74) is 1.84. The molecule has 1 heterocycles. The number of Topliss-reactive ketones (excluding diaryl/α,β-unsaturated/α-hetero) is 1. The molecule has 1 fully saturated rings. The van der Waals surface area contributed by atoms with Crippen LogP contribution in [0.4, 0.5) is 0 Å². The van der Waals surface area contributed by atoms with Gasteiger partial charge in [0.05, 0.1) is 6.10 Å². The fourth-order valence-corrected chi connectivity index (χ4v) is 2.80. The van der Waals surface area contributed by atoms with E-state index in [0.29, 0.717) is 6.42 Å². The van der Waals surface area contributed by atoms with E-state index in [0.717, 1.165) is 36.5 Å². The number of aryl methyl sites for hydroxylation is 1. The van der Waals surface area contributed by atoms with Gasteiger partial charge in [0, 0.05) is 18.5 Å². The summed E-state index contributed by atoms with van der Waals surface area (Å²) in [6, 6.07) is 5.77. The Kier molecular flexibility index (Phi) is 5.80. The zero-order valence-electron chi connectivity index (χ0n) is 13.5. The lowest BCUT2D eigenvalue weighted by Crippen LogP contribution is -2.31. The normalized spacial score (nSPS) is 16.2. The van der Waals surface area contributed by atoms with Crippen LogP contribution in [-0.4, -0.2) is 36.4 Å². The lowest BCUT2D eigenvalue weighted by Gasteiger charge is -2.25. The van der Waals surface area contributed by atoms with Crippen LogP contribution in [0.5, 0.6) is 5.75 Å². The first-order chi connectivity index (χ1) is 10.1. The highest BCUT2D eigenvalue weighted by Crippen LogP contribution is 2.21. The van der Waals surface area contributed by atoms with Gasteiger partial charge in [0.2, 0.25) is 0 Å². The van der Waals surface area contributed by atoms with Crippen molar-refractivity contribution in [2.45, 2.75) is 52.6 Å². The topological polar surface area (TPSA) is 29.5 Å². The van der Waals surface area contributed by atoms with E-state index in [-0.39, 0.29) is 11.9 Å². The molecule has 1 aromatic carbocycles. The molecule has 0 saturated carbocycles. The summed E-state index contributed by atoms with van der Waals surface area (Å²) >= 11 is 0. The van der Waals surface area contributed by atoms with Crippen LogP contribution in [0.2, 0.25) is 0 Å².